The highest BCUT2D eigenvalue weighted by atomic mass is 79.9. The van der Waals surface area contributed by atoms with Crippen LogP contribution in [0.5, 0.6) is 5.75 Å². The van der Waals surface area contributed by atoms with Gasteiger partial charge in [0.1, 0.15) is 5.75 Å². The Bertz CT molecular complexity index is 388. The first-order chi connectivity index (χ1) is 8.17. The van der Waals surface area contributed by atoms with Gasteiger partial charge in [-0.05, 0) is 37.6 Å². The van der Waals surface area contributed by atoms with Crippen LogP contribution in [0.25, 0.3) is 6.08 Å². The molecule has 0 atom stereocenters. The molecule has 0 saturated carbocycles. The SMILES string of the molecule is CCCNC/C(C)=C/c1ccc(OC)cc1Br. The van der Waals surface area contributed by atoms with E-state index in [4.69, 9.17) is 4.74 Å². The summed E-state index contributed by atoms with van der Waals surface area (Å²) in [7, 11) is 1.68. The van der Waals surface area contributed by atoms with Gasteiger partial charge in [0, 0.05) is 11.0 Å². The molecule has 3 heteroatoms. The number of ether oxygens (including phenoxy) is 1. The van der Waals surface area contributed by atoms with Gasteiger partial charge in [-0.25, -0.2) is 0 Å². The van der Waals surface area contributed by atoms with Gasteiger partial charge >= 0.3 is 0 Å². The Balaban J connectivity index is 2.69. The highest BCUT2D eigenvalue weighted by Gasteiger charge is 2.00. The van der Waals surface area contributed by atoms with Gasteiger partial charge < -0.3 is 10.1 Å². The van der Waals surface area contributed by atoms with Crippen molar-refractivity contribution in [2.45, 2.75) is 20.3 Å². The van der Waals surface area contributed by atoms with Crippen LogP contribution in [0.2, 0.25) is 0 Å². The third kappa shape index (κ3) is 4.92. The van der Waals surface area contributed by atoms with Gasteiger partial charge in [0.25, 0.3) is 0 Å². The van der Waals surface area contributed by atoms with Crippen molar-refractivity contribution in [1.82, 2.24) is 5.32 Å². The summed E-state index contributed by atoms with van der Waals surface area (Å²) in [5, 5.41) is 3.39. The number of nitrogens with one attached hydrogen (secondary N) is 1. The predicted octanol–water partition coefficient (Wildman–Crippen LogP) is 3.86. The first-order valence-electron chi connectivity index (χ1n) is 5.88. The lowest BCUT2D eigenvalue weighted by atomic mass is 10.1. The van der Waals surface area contributed by atoms with E-state index in [0.29, 0.717) is 0 Å². The van der Waals surface area contributed by atoms with Crippen LogP contribution in [0.4, 0.5) is 0 Å². The highest BCUT2D eigenvalue weighted by Crippen LogP contribution is 2.24. The fourth-order valence-corrected chi connectivity index (χ4v) is 2.00. The smallest absolute Gasteiger partial charge is 0.120 e. The molecule has 0 aliphatic heterocycles. The molecule has 2 nitrogen and oxygen atoms in total. The first kappa shape index (κ1) is 14.3. The maximum absolute atomic E-state index is 5.17. The monoisotopic (exact) mass is 297 g/mol. The molecular weight excluding hydrogens is 278 g/mol. The van der Waals surface area contributed by atoms with Crippen molar-refractivity contribution in [2.24, 2.45) is 0 Å². The van der Waals surface area contributed by atoms with Gasteiger partial charge in [-0.2, -0.15) is 0 Å². The number of methoxy groups -OCH3 is 1. The van der Waals surface area contributed by atoms with E-state index >= 15 is 0 Å². The van der Waals surface area contributed by atoms with Gasteiger partial charge in [0.15, 0.2) is 0 Å². The van der Waals surface area contributed by atoms with Crippen molar-refractivity contribution < 1.29 is 4.74 Å². The number of rotatable bonds is 6. The van der Waals surface area contributed by atoms with Crippen molar-refractivity contribution in [3.63, 3.8) is 0 Å². The molecule has 0 heterocycles. The minimum absolute atomic E-state index is 0.871. The van der Waals surface area contributed by atoms with Gasteiger partial charge in [-0.3, -0.25) is 0 Å². The zero-order valence-corrected chi connectivity index (χ0v) is 12.3. The van der Waals surface area contributed by atoms with Crippen LogP contribution in [0.15, 0.2) is 28.2 Å². The molecule has 0 bridgehead atoms. The number of hydrogen-bond donors (Lipinski definition) is 1. The summed E-state index contributed by atoms with van der Waals surface area (Å²) in [6.45, 7) is 6.31. The summed E-state index contributed by atoms with van der Waals surface area (Å²) in [5.74, 6) is 0.871. The lowest BCUT2D eigenvalue weighted by Gasteiger charge is -2.06. The maximum Gasteiger partial charge on any atom is 0.120 e. The van der Waals surface area contributed by atoms with E-state index < -0.39 is 0 Å². The molecule has 0 fully saturated rings. The molecule has 0 aliphatic carbocycles. The summed E-state index contributed by atoms with van der Waals surface area (Å²) in [5.41, 5.74) is 2.51. The Morgan fingerprint density at radius 2 is 2.24 bits per heavy atom. The molecule has 0 aromatic heterocycles. The van der Waals surface area contributed by atoms with Crippen LogP contribution >= 0.6 is 15.9 Å². The van der Waals surface area contributed by atoms with Crippen LogP contribution in [0, 0.1) is 0 Å². The zero-order valence-electron chi connectivity index (χ0n) is 10.7. The van der Waals surface area contributed by atoms with E-state index in [9.17, 15) is 0 Å². The van der Waals surface area contributed by atoms with Crippen molar-refractivity contribution in [1.29, 1.82) is 0 Å². The number of hydrogen-bond acceptors (Lipinski definition) is 2. The second-order valence-corrected chi connectivity index (χ2v) is 4.91. The summed E-state index contributed by atoms with van der Waals surface area (Å²) in [6, 6.07) is 6.02. The molecule has 1 rings (SSSR count). The quantitative estimate of drug-likeness (QED) is 0.805. The molecule has 0 aliphatic rings. The first-order valence-corrected chi connectivity index (χ1v) is 6.68. The van der Waals surface area contributed by atoms with E-state index in [1.165, 1.54) is 17.6 Å². The van der Waals surface area contributed by atoms with Gasteiger partial charge in [0.05, 0.1) is 7.11 Å². The summed E-state index contributed by atoms with van der Waals surface area (Å²) >= 11 is 3.55. The van der Waals surface area contributed by atoms with E-state index in [1.807, 2.05) is 12.1 Å². The Kier molecular flexibility index (Phi) is 6.30. The Labute approximate surface area is 112 Å². The van der Waals surface area contributed by atoms with Crippen LogP contribution in [0.1, 0.15) is 25.8 Å². The van der Waals surface area contributed by atoms with Gasteiger partial charge in [0.2, 0.25) is 0 Å². The largest absolute Gasteiger partial charge is 0.497 e. The fourth-order valence-electron chi connectivity index (χ4n) is 1.53. The minimum Gasteiger partial charge on any atom is -0.497 e. The van der Waals surface area contributed by atoms with Gasteiger partial charge in [-0.1, -0.05) is 40.6 Å². The Morgan fingerprint density at radius 1 is 1.47 bits per heavy atom. The number of halogens is 1. The molecule has 0 unspecified atom stereocenters. The second-order valence-electron chi connectivity index (χ2n) is 4.05. The van der Waals surface area contributed by atoms with E-state index in [1.54, 1.807) is 7.11 Å². The Hall–Kier alpha value is -0.800. The lowest BCUT2D eigenvalue weighted by molar-refractivity contribution is 0.414. The third-order valence-electron chi connectivity index (χ3n) is 2.44. The maximum atomic E-state index is 5.17. The van der Waals surface area contributed by atoms with Crippen molar-refractivity contribution in [2.75, 3.05) is 20.2 Å². The molecule has 0 saturated heterocycles. The normalized spacial score (nSPS) is 11.6. The fraction of sp³-hybridized carbons (Fsp3) is 0.429. The van der Waals surface area contributed by atoms with Crippen molar-refractivity contribution in [3.05, 3.63) is 33.8 Å². The highest BCUT2D eigenvalue weighted by molar-refractivity contribution is 9.10. The molecule has 1 aromatic rings. The standard InChI is InChI=1S/C14H20BrNO/c1-4-7-16-10-11(2)8-12-5-6-13(17-3)9-14(12)15/h5-6,8-9,16H,4,7,10H2,1-3H3/b11-8+. The summed E-state index contributed by atoms with van der Waals surface area (Å²) < 4.78 is 6.23. The predicted molar refractivity (Wildman–Crippen MR) is 77.5 cm³/mol. The summed E-state index contributed by atoms with van der Waals surface area (Å²) in [4.78, 5) is 0. The van der Waals surface area contributed by atoms with Crippen LogP contribution in [0.3, 0.4) is 0 Å². The van der Waals surface area contributed by atoms with Crippen molar-refractivity contribution >= 4 is 22.0 Å². The van der Waals surface area contributed by atoms with E-state index in [0.717, 1.165) is 23.3 Å². The number of benzene rings is 1. The molecular formula is C14H20BrNO. The van der Waals surface area contributed by atoms with Crippen LogP contribution in [-0.4, -0.2) is 20.2 Å². The second kappa shape index (κ2) is 7.51. The molecule has 1 aromatic carbocycles. The third-order valence-corrected chi connectivity index (χ3v) is 3.13. The molecule has 0 radical (unpaired) electrons. The molecule has 94 valence electrons. The molecule has 17 heavy (non-hydrogen) atoms. The zero-order chi connectivity index (χ0) is 12.7. The average Bonchev–Trinajstić information content (AvgIpc) is 2.32. The lowest BCUT2D eigenvalue weighted by Crippen LogP contribution is -2.16. The topological polar surface area (TPSA) is 21.3 Å². The van der Waals surface area contributed by atoms with Crippen LogP contribution in [-0.2, 0) is 0 Å². The average molecular weight is 298 g/mol. The molecule has 0 spiro atoms. The van der Waals surface area contributed by atoms with E-state index in [2.05, 4.69) is 47.2 Å². The minimum atomic E-state index is 0.871. The molecule has 0 amide bonds. The van der Waals surface area contributed by atoms with E-state index in [-0.39, 0.29) is 0 Å². The van der Waals surface area contributed by atoms with Gasteiger partial charge in [-0.15, -0.1) is 0 Å². The summed E-state index contributed by atoms with van der Waals surface area (Å²) in [6.07, 6.45) is 3.35. The molecule has 1 N–H and O–H groups in total. The van der Waals surface area contributed by atoms with Crippen LogP contribution < -0.4 is 10.1 Å². The Morgan fingerprint density at radius 3 is 2.82 bits per heavy atom. The van der Waals surface area contributed by atoms with Crippen molar-refractivity contribution in [3.8, 4) is 5.75 Å².